The van der Waals surface area contributed by atoms with Crippen LogP contribution < -0.4 is 19.5 Å². The number of hydrogen-bond donors (Lipinski definition) is 5. The maximum Gasteiger partial charge on any atom is 0.262 e. The molecule has 2 atom stereocenters. The summed E-state index contributed by atoms with van der Waals surface area (Å²) >= 11 is 0. The minimum absolute atomic E-state index is 0.122. The number of rotatable bonds is 13. The van der Waals surface area contributed by atoms with Crippen molar-refractivity contribution < 1.29 is 37.6 Å². The Balaban J connectivity index is 1.53. The molecule has 9 nitrogen and oxygen atoms in total. The molecule has 0 bridgehead atoms. The highest BCUT2D eigenvalue weighted by atomic mass is 32.2. The number of aromatic hydroxyl groups is 1. The van der Waals surface area contributed by atoms with Crippen LogP contribution in [0.5, 0.6) is 17.2 Å². The van der Waals surface area contributed by atoms with Crippen LogP contribution in [0.15, 0.2) is 71.6 Å². The summed E-state index contributed by atoms with van der Waals surface area (Å²) in [6.07, 6.45) is -0.382. The number of sulfonamides is 1. The van der Waals surface area contributed by atoms with Crippen LogP contribution in [0, 0.1) is 5.82 Å². The first-order valence-electron chi connectivity index (χ1n) is 11.1. The number of phenolic OH excluding ortho intramolecular Hbond substituents is 1. The third-order valence-corrected chi connectivity index (χ3v) is 6.66. The van der Waals surface area contributed by atoms with Gasteiger partial charge in [-0.15, -0.1) is 0 Å². The van der Waals surface area contributed by atoms with Gasteiger partial charge in [-0.2, -0.15) is 0 Å². The minimum Gasteiger partial charge on any atom is -0.506 e. The molecule has 0 amide bonds. The lowest BCUT2D eigenvalue weighted by molar-refractivity contribution is 0.0997. The Morgan fingerprint density at radius 1 is 1.00 bits per heavy atom. The second kappa shape index (κ2) is 12.5. The molecule has 0 spiro atoms. The second-order valence-corrected chi connectivity index (χ2v) is 9.73. The summed E-state index contributed by atoms with van der Waals surface area (Å²) in [5.41, 5.74) is 0.858. The first-order valence-corrected chi connectivity index (χ1v) is 12.6. The molecule has 0 aromatic heterocycles. The molecule has 3 aromatic rings. The van der Waals surface area contributed by atoms with Gasteiger partial charge in [-0.25, -0.2) is 12.8 Å². The van der Waals surface area contributed by atoms with Crippen molar-refractivity contribution in [1.29, 1.82) is 0 Å². The average Bonchev–Trinajstić information content (AvgIpc) is 2.87. The van der Waals surface area contributed by atoms with Crippen molar-refractivity contribution in [3.63, 3.8) is 0 Å². The summed E-state index contributed by atoms with van der Waals surface area (Å²) in [4.78, 5) is -0.177. The number of aliphatic hydroxyl groups excluding tert-OH is 2. The van der Waals surface area contributed by atoms with Crippen molar-refractivity contribution >= 4 is 15.7 Å². The molecule has 3 rings (SSSR count). The van der Waals surface area contributed by atoms with E-state index in [9.17, 15) is 28.1 Å². The second-order valence-electron chi connectivity index (χ2n) is 8.04. The largest absolute Gasteiger partial charge is 0.506 e. The van der Waals surface area contributed by atoms with Crippen LogP contribution >= 0.6 is 0 Å². The quantitative estimate of drug-likeness (QED) is 0.217. The number of benzene rings is 3. The maximum absolute atomic E-state index is 13.1. The molecule has 194 valence electrons. The fourth-order valence-corrected chi connectivity index (χ4v) is 4.37. The summed E-state index contributed by atoms with van der Waals surface area (Å²) in [6.45, 7) is -0.110. The Kier molecular flexibility index (Phi) is 9.48. The lowest BCUT2D eigenvalue weighted by atomic mass is 10.1. The molecule has 0 radical (unpaired) electrons. The number of aliphatic hydroxyl groups is 2. The van der Waals surface area contributed by atoms with Crippen molar-refractivity contribution in [2.45, 2.75) is 23.5 Å². The average molecular weight is 521 g/mol. The molecule has 5 N–H and O–H groups in total. The number of methoxy groups -OCH3 is 1. The van der Waals surface area contributed by atoms with Gasteiger partial charge in [-0.1, -0.05) is 12.1 Å². The fraction of sp³-hybridized carbons (Fsp3) is 0.280. The molecular weight excluding hydrogens is 491 g/mol. The Bertz CT molecular complexity index is 1220. The van der Waals surface area contributed by atoms with E-state index in [1.54, 1.807) is 7.11 Å². The van der Waals surface area contributed by atoms with E-state index in [0.29, 0.717) is 6.42 Å². The van der Waals surface area contributed by atoms with Gasteiger partial charge in [0.05, 0.1) is 24.3 Å². The highest BCUT2D eigenvalue weighted by Crippen LogP contribution is 2.30. The Morgan fingerprint density at radius 3 is 2.31 bits per heavy atom. The van der Waals surface area contributed by atoms with Crippen molar-refractivity contribution in [2.75, 3.05) is 31.6 Å². The van der Waals surface area contributed by atoms with Crippen molar-refractivity contribution in [3.05, 3.63) is 78.1 Å². The van der Waals surface area contributed by atoms with Gasteiger partial charge in [0.1, 0.15) is 35.8 Å². The van der Waals surface area contributed by atoms with E-state index < -0.39 is 21.9 Å². The summed E-state index contributed by atoms with van der Waals surface area (Å²) in [7, 11) is -2.49. The molecule has 36 heavy (non-hydrogen) atoms. The zero-order valence-corrected chi connectivity index (χ0v) is 20.4. The number of hydrogen-bond acceptors (Lipinski definition) is 8. The molecule has 3 aromatic carbocycles. The molecule has 0 aliphatic rings. The minimum atomic E-state index is -4.07. The lowest BCUT2D eigenvalue weighted by Gasteiger charge is -2.20. The van der Waals surface area contributed by atoms with Crippen LogP contribution in [0.1, 0.15) is 5.56 Å². The Labute approximate surface area is 209 Å². The topological polar surface area (TPSA) is 137 Å². The first-order chi connectivity index (χ1) is 17.2. The molecule has 0 aliphatic heterocycles. The zero-order valence-electron chi connectivity index (χ0n) is 19.6. The molecule has 0 unspecified atom stereocenters. The van der Waals surface area contributed by atoms with Gasteiger partial charge >= 0.3 is 0 Å². The number of halogens is 1. The highest BCUT2D eigenvalue weighted by molar-refractivity contribution is 7.92. The van der Waals surface area contributed by atoms with Gasteiger partial charge in [0.25, 0.3) is 10.0 Å². The molecule has 0 saturated heterocycles. The predicted octanol–water partition coefficient (Wildman–Crippen LogP) is 2.27. The van der Waals surface area contributed by atoms with E-state index in [-0.39, 0.29) is 47.9 Å². The van der Waals surface area contributed by atoms with Gasteiger partial charge in [0.15, 0.2) is 0 Å². The molecular formula is C25H29FN2O7S. The van der Waals surface area contributed by atoms with Crippen LogP contribution in [-0.4, -0.2) is 62.8 Å². The third-order valence-electron chi connectivity index (χ3n) is 5.28. The van der Waals surface area contributed by atoms with E-state index in [0.717, 1.165) is 35.6 Å². The number of anilines is 1. The van der Waals surface area contributed by atoms with Gasteiger partial charge in [0, 0.05) is 18.7 Å². The Hall–Kier alpha value is -3.38. The Morgan fingerprint density at radius 2 is 1.67 bits per heavy atom. The molecule has 0 heterocycles. The standard InChI is InChI=1S/C25H29FN2O7S/c1-34-21-6-2-17(3-7-21)12-19(15-29)27-14-20(30)16-35-22-8-11-25(31)24(13-22)28-36(32,33)23-9-4-18(26)5-10-23/h2-11,13,19-20,27-31H,12,14-16H2,1H3/t19-,20-/m0/s1. The summed E-state index contributed by atoms with van der Waals surface area (Å²) in [5.74, 6) is 0.0342. The van der Waals surface area contributed by atoms with Crippen molar-refractivity contribution in [3.8, 4) is 17.2 Å². The third kappa shape index (κ3) is 7.82. The highest BCUT2D eigenvalue weighted by Gasteiger charge is 2.17. The maximum atomic E-state index is 13.1. The van der Waals surface area contributed by atoms with Crippen LogP contribution in [0.25, 0.3) is 0 Å². The summed E-state index contributed by atoms with van der Waals surface area (Å²) in [6, 6.07) is 15.4. The van der Waals surface area contributed by atoms with Crippen LogP contribution in [0.4, 0.5) is 10.1 Å². The van der Waals surface area contributed by atoms with E-state index >= 15 is 0 Å². The molecule has 11 heteroatoms. The van der Waals surface area contributed by atoms with Crippen LogP contribution in [0.2, 0.25) is 0 Å². The normalized spacial score (nSPS) is 13.1. The van der Waals surface area contributed by atoms with E-state index in [1.165, 1.54) is 18.2 Å². The molecule has 0 saturated carbocycles. The fourth-order valence-electron chi connectivity index (χ4n) is 3.31. The van der Waals surface area contributed by atoms with E-state index in [2.05, 4.69) is 10.0 Å². The SMILES string of the molecule is COc1ccc(C[C@@H](CO)NC[C@H](O)COc2ccc(O)c(NS(=O)(=O)c3ccc(F)cc3)c2)cc1. The lowest BCUT2D eigenvalue weighted by Crippen LogP contribution is -2.41. The first kappa shape index (κ1) is 27.2. The molecule has 0 aliphatic carbocycles. The zero-order chi connectivity index (χ0) is 26.1. The van der Waals surface area contributed by atoms with Crippen LogP contribution in [0.3, 0.4) is 0 Å². The summed E-state index contributed by atoms with van der Waals surface area (Å²) in [5, 5.41) is 33.1. The van der Waals surface area contributed by atoms with Crippen LogP contribution in [-0.2, 0) is 16.4 Å². The van der Waals surface area contributed by atoms with E-state index in [1.807, 2.05) is 24.3 Å². The van der Waals surface area contributed by atoms with Gasteiger partial charge < -0.3 is 30.1 Å². The van der Waals surface area contributed by atoms with Gasteiger partial charge in [-0.05, 0) is 60.5 Å². The monoisotopic (exact) mass is 520 g/mol. The number of phenols is 1. The number of ether oxygens (including phenoxy) is 2. The van der Waals surface area contributed by atoms with E-state index in [4.69, 9.17) is 9.47 Å². The van der Waals surface area contributed by atoms with Gasteiger partial charge in [-0.3, -0.25) is 4.72 Å². The smallest absolute Gasteiger partial charge is 0.262 e. The van der Waals surface area contributed by atoms with Gasteiger partial charge in [0.2, 0.25) is 0 Å². The van der Waals surface area contributed by atoms with Crippen molar-refractivity contribution in [1.82, 2.24) is 5.32 Å². The van der Waals surface area contributed by atoms with Crippen molar-refractivity contribution in [2.24, 2.45) is 0 Å². The summed E-state index contributed by atoms with van der Waals surface area (Å²) < 4.78 is 51.1. The number of nitrogens with one attached hydrogen (secondary N) is 2. The predicted molar refractivity (Wildman–Crippen MR) is 132 cm³/mol. The molecule has 0 fully saturated rings.